The smallest absolute Gasteiger partial charge is 0.341 e. The molecule has 2 aliphatic rings. The van der Waals surface area contributed by atoms with Gasteiger partial charge in [0.05, 0.1) is 16.3 Å². The van der Waals surface area contributed by atoms with Crippen molar-refractivity contribution in [2.24, 2.45) is 0 Å². The minimum Gasteiger partial charge on any atom is -0.341 e. The minimum absolute atomic E-state index is 0.0491. The number of nitrogens with zero attached hydrogens (tertiary/aromatic N) is 2. The Bertz CT molecular complexity index is 778. The third-order valence-corrected chi connectivity index (χ3v) is 7.36. The van der Waals surface area contributed by atoms with Crippen LogP contribution in [0, 0.1) is 0 Å². The third-order valence-electron chi connectivity index (χ3n) is 4.34. The Morgan fingerprint density at radius 3 is 2.60 bits per heavy atom. The van der Waals surface area contributed by atoms with Crippen molar-refractivity contribution < 1.29 is 26.4 Å². The van der Waals surface area contributed by atoms with Crippen LogP contribution in [0.25, 0.3) is 0 Å². The van der Waals surface area contributed by atoms with Crippen molar-refractivity contribution in [3.05, 3.63) is 29.8 Å². The van der Waals surface area contributed by atoms with Crippen LogP contribution in [0.5, 0.6) is 0 Å². The molecule has 1 aliphatic carbocycles. The summed E-state index contributed by atoms with van der Waals surface area (Å²) in [5.41, 5.74) is -1.03. The average molecular weight is 394 g/mol. The van der Waals surface area contributed by atoms with Crippen LogP contribution in [0.1, 0.15) is 18.4 Å². The summed E-state index contributed by atoms with van der Waals surface area (Å²) in [6.07, 6.45) is -2.85. The Hall–Kier alpha value is -1.26. The maximum atomic E-state index is 12.9. The first-order valence-corrected chi connectivity index (χ1v) is 10.3. The Labute approximate surface area is 148 Å². The number of amides is 1. The maximum absolute atomic E-state index is 12.9. The van der Waals surface area contributed by atoms with Crippen LogP contribution in [0.4, 0.5) is 13.2 Å². The summed E-state index contributed by atoms with van der Waals surface area (Å²) >= 11 is 1.28. The van der Waals surface area contributed by atoms with E-state index in [-0.39, 0.29) is 17.8 Å². The lowest BCUT2D eigenvalue weighted by Gasteiger charge is -2.27. The first-order chi connectivity index (χ1) is 11.6. The second-order valence-electron chi connectivity index (χ2n) is 6.11. The molecule has 5 nitrogen and oxygen atoms in total. The Morgan fingerprint density at radius 2 is 2.00 bits per heavy atom. The van der Waals surface area contributed by atoms with Gasteiger partial charge in [-0.15, -0.1) is 11.8 Å². The zero-order chi connectivity index (χ0) is 18.4. The highest BCUT2D eigenvalue weighted by Crippen LogP contribution is 2.34. The van der Waals surface area contributed by atoms with Gasteiger partial charge in [0.25, 0.3) is 0 Å². The van der Waals surface area contributed by atoms with E-state index in [1.54, 1.807) is 11.9 Å². The summed E-state index contributed by atoms with van der Waals surface area (Å²) in [5.74, 6) is 0.0461. The topological polar surface area (TPSA) is 57.7 Å². The molecule has 10 heteroatoms. The Balaban J connectivity index is 1.89. The highest BCUT2D eigenvalue weighted by molar-refractivity contribution is 8.00. The predicted octanol–water partition coefficient (Wildman–Crippen LogP) is 2.39. The standard InChI is InChI=1S/C15H17F3N2O3S2/c1-19(11-5-6-11)14(21)13-8-24-9-20(13)25(22,23)12-4-2-3-10(7-12)15(16,17)18/h2-4,7,11,13H,5-6,8-9H2,1H3. The van der Waals surface area contributed by atoms with Gasteiger partial charge in [0, 0.05) is 18.8 Å². The lowest BCUT2D eigenvalue weighted by atomic mass is 10.2. The van der Waals surface area contributed by atoms with Gasteiger partial charge in [-0.25, -0.2) is 8.42 Å². The Morgan fingerprint density at radius 1 is 1.32 bits per heavy atom. The van der Waals surface area contributed by atoms with Crippen LogP contribution in [-0.2, 0) is 21.0 Å². The zero-order valence-corrected chi connectivity index (χ0v) is 15.0. The number of alkyl halides is 3. The zero-order valence-electron chi connectivity index (χ0n) is 13.4. The predicted molar refractivity (Wildman–Crippen MR) is 87.4 cm³/mol. The third kappa shape index (κ3) is 3.65. The van der Waals surface area contributed by atoms with Gasteiger partial charge in [0.2, 0.25) is 15.9 Å². The van der Waals surface area contributed by atoms with Gasteiger partial charge in [-0.05, 0) is 31.0 Å². The number of rotatable bonds is 4. The van der Waals surface area contributed by atoms with E-state index in [0.29, 0.717) is 11.8 Å². The molecule has 25 heavy (non-hydrogen) atoms. The van der Waals surface area contributed by atoms with Gasteiger partial charge in [0.15, 0.2) is 0 Å². The summed E-state index contributed by atoms with van der Waals surface area (Å²) in [4.78, 5) is 13.7. The van der Waals surface area contributed by atoms with Crippen molar-refractivity contribution in [1.82, 2.24) is 9.21 Å². The number of hydrogen-bond acceptors (Lipinski definition) is 4. The fourth-order valence-electron chi connectivity index (χ4n) is 2.70. The van der Waals surface area contributed by atoms with Crippen molar-refractivity contribution in [3.63, 3.8) is 0 Å². The van der Waals surface area contributed by atoms with Crippen LogP contribution < -0.4 is 0 Å². The van der Waals surface area contributed by atoms with Gasteiger partial charge in [-0.2, -0.15) is 17.5 Å². The van der Waals surface area contributed by atoms with Gasteiger partial charge in [0.1, 0.15) is 6.04 Å². The molecule has 1 saturated heterocycles. The van der Waals surface area contributed by atoms with Gasteiger partial charge >= 0.3 is 6.18 Å². The van der Waals surface area contributed by atoms with Crippen molar-refractivity contribution in [3.8, 4) is 0 Å². The summed E-state index contributed by atoms with van der Waals surface area (Å²) in [6.45, 7) is 0. The summed E-state index contributed by atoms with van der Waals surface area (Å²) < 4.78 is 65.2. The largest absolute Gasteiger partial charge is 0.416 e. The number of carbonyl (C=O) groups is 1. The molecule has 1 aromatic rings. The molecule has 0 radical (unpaired) electrons. The van der Waals surface area contributed by atoms with E-state index in [0.717, 1.165) is 35.3 Å². The van der Waals surface area contributed by atoms with Crippen LogP contribution in [0.2, 0.25) is 0 Å². The van der Waals surface area contributed by atoms with Crippen molar-refractivity contribution in [2.45, 2.75) is 36.0 Å². The molecule has 0 bridgehead atoms. The Kier molecular flexibility index (Phi) is 4.80. The van der Waals surface area contributed by atoms with Gasteiger partial charge in [-0.3, -0.25) is 4.79 Å². The molecule has 1 saturated carbocycles. The van der Waals surface area contributed by atoms with Crippen LogP contribution in [0.15, 0.2) is 29.2 Å². The van der Waals surface area contributed by atoms with Gasteiger partial charge in [-0.1, -0.05) is 6.07 Å². The lowest BCUT2D eigenvalue weighted by Crippen LogP contribution is -2.48. The normalized spacial score (nSPS) is 22.2. The van der Waals surface area contributed by atoms with Crippen molar-refractivity contribution >= 4 is 27.7 Å². The molecule has 0 N–H and O–H groups in total. The molecule has 1 amide bonds. The second kappa shape index (κ2) is 6.48. The number of benzene rings is 1. The highest BCUT2D eigenvalue weighted by Gasteiger charge is 2.44. The molecule has 0 spiro atoms. The van der Waals surface area contributed by atoms with Crippen LogP contribution in [0.3, 0.4) is 0 Å². The minimum atomic E-state index is -4.63. The number of hydrogen-bond donors (Lipinski definition) is 0. The fourth-order valence-corrected chi connectivity index (χ4v) is 5.88. The van der Waals surface area contributed by atoms with E-state index in [1.165, 1.54) is 11.8 Å². The summed E-state index contributed by atoms with van der Waals surface area (Å²) in [5, 5.41) is 0. The van der Waals surface area contributed by atoms with E-state index in [2.05, 4.69) is 0 Å². The molecule has 1 atom stereocenters. The van der Waals surface area contributed by atoms with Gasteiger partial charge < -0.3 is 4.90 Å². The molecule has 1 unspecified atom stereocenters. The summed E-state index contributed by atoms with van der Waals surface area (Å²) in [6, 6.07) is 2.88. The van der Waals surface area contributed by atoms with Crippen LogP contribution in [-0.4, -0.2) is 54.3 Å². The number of thioether (sulfide) groups is 1. The number of halogens is 3. The molecular formula is C15H17F3N2O3S2. The molecular weight excluding hydrogens is 377 g/mol. The number of sulfonamides is 1. The summed E-state index contributed by atoms with van der Waals surface area (Å²) in [7, 11) is -2.55. The lowest BCUT2D eigenvalue weighted by molar-refractivity contribution is -0.137. The molecule has 2 fully saturated rings. The van der Waals surface area contributed by atoms with Crippen LogP contribution >= 0.6 is 11.8 Å². The van der Waals surface area contributed by atoms with Crippen molar-refractivity contribution in [1.29, 1.82) is 0 Å². The average Bonchev–Trinajstić information content (AvgIpc) is 3.28. The first kappa shape index (κ1) is 18.5. The quantitative estimate of drug-likeness (QED) is 0.787. The fraction of sp³-hybridized carbons (Fsp3) is 0.533. The highest BCUT2D eigenvalue weighted by atomic mass is 32.2. The van der Waals surface area contributed by atoms with E-state index >= 15 is 0 Å². The molecule has 0 aromatic heterocycles. The second-order valence-corrected chi connectivity index (χ2v) is 9.00. The molecule has 1 heterocycles. The first-order valence-electron chi connectivity index (χ1n) is 7.66. The number of carbonyl (C=O) groups excluding carboxylic acids is 1. The molecule has 3 rings (SSSR count). The monoisotopic (exact) mass is 394 g/mol. The van der Waals surface area contributed by atoms with E-state index in [1.807, 2.05) is 0 Å². The van der Waals surface area contributed by atoms with Crippen molar-refractivity contribution in [2.75, 3.05) is 18.7 Å². The molecule has 138 valence electrons. The van der Waals surface area contributed by atoms with E-state index in [9.17, 15) is 26.4 Å². The van der Waals surface area contributed by atoms with E-state index < -0.39 is 32.7 Å². The SMILES string of the molecule is CN(C(=O)C1CSCN1S(=O)(=O)c1cccc(C(F)(F)F)c1)C1CC1. The van der Waals surface area contributed by atoms with E-state index in [4.69, 9.17) is 0 Å². The molecule has 1 aromatic carbocycles. The maximum Gasteiger partial charge on any atom is 0.416 e. The molecule has 1 aliphatic heterocycles. The number of likely N-dealkylation sites (N-methyl/N-ethyl adjacent to an activating group) is 1.